The van der Waals surface area contributed by atoms with Crippen molar-refractivity contribution < 1.29 is 32.3 Å². The molecule has 9 nitrogen and oxygen atoms in total. The fraction of sp³-hybridized carbons (Fsp3) is 0.348. The SMILES string of the molecule is COC(=O)C(C(=O)OC)C12CCN(S(=O)(=O)c3ccc(C)cc3)Cc3c(Br)ccc(c31)NC2=O. The van der Waals surface area contributed by atoms with Gasteiger partial charge in [-0.1, -0.05) is 33.6 Å². The lowest BCUT2D eigenvalue weighted by atomic mass is 9.67. The van der Waals surface area contributed by atoms with Gasteiger partial charge in [-0.15, -0.1) is 0 Å². The molecule has 2 heterocycles. The molecule has 1 N–H and O–H groups in total. The number of sulfonamides is 1. The summed E-state index contributed by atoms with van der Waals surface area (Å²) in [5.41, 5.74) is 0.509. The van der Waals surface area contributed by atoms with Crippen LogP contribution in [0.5, 0.6) is 0 Å². The van der Waals surface area contributed by atoms with Crippen molar-refractivity contribution in [3.63, 3.8) is 0 Å². The van der Waals surface area contributed by atoms with Crippen LogP contribution in [0.15, 0.2) is 45.8 Å². The van der Waals surface area contributed by atoms with Crippen LogP contribution in [0.25, 0.3) is 0 Å². The summed E-state index contributed by atoms with van der Waals surface area (Å²) in [4.78, 5) is 39.3. The Bertz CT molecular complexity index is 1280. The van der Waals surface area contributed by atoms with Crippen molar-refractivity contribution in [1.82, 2.24) is 4.31 Å². The molecular weight excluding hydrogens is 528 g/mol. The number of hydrogen-bond donors (Lipinski definition) is 1. The number of carbonyl (C=O) groups is 3. The van der Waals surface area contributed by atoms with E-state index in [1.807, 2.05) is 6.92 Å². The zero-order chi connectivity index (χ0) is 24.8. The van der Waals surface area contributed by atoms with Gasteiger partial charge in [0.05, 0.1) is 19.1 Å². The van der Waals surface area contributed by atoms with Gasteiger partial charge in [0.25, 0.3) is 0 Å². The lowest BCUT2D eigenvalue weighted by Crippen LogP contribution is -2.51. The van der Waals surface area contributed by atoms with Crippen LogP contribution in [0.3, 0.4) is 0 Å². The normalized spacial score (nSPS) is 19.9. The second-order valence-corrected chi connectivity index (χ2v) is 11.0. The van der Waals surface area contributed by atoms with E-state index < -0.39 is 39.2 Å². The molecule has 180 valence electrons. The van der Waals surface area contributed by atoms with E-state index >= 15 is 0 Å². The summed E-state index contributed by atoms with van der Waals surface area (Å²) in [6.07, 6.45) is -0.130. The average Bonchev–Trinajstić information content (AvgIpc) is 2.97. The second kappa shape index (κ2) is 8.79. The van der Waals surface area contributed by atoms with E-state index in [4.69, 9.17) is 9.47 Å². The minimum absolute atomic E-state index is 0.0637. The monoisotopic (exact) mass is 550 g/mol. The number of nitrogens with one attached hydrogen (secondary N) is 1. The summed E-state index contributed by atoms with van der Waals surface area (Å²) in [6.45, 7) is 1.68. The Labute approximate surface area is 205 Å². The Kier molecular flexibility index (Phi) is 6.30. The second-order valence-electron chi connectivity index (χ2n) is 8.25. The van der Waals surface area contributed by atoms with Crippen molar-refractivity contribution in [3.8, 4) is 0 Å². The summed E-state index contributed by atoms with van der Waals surface area (Å²) >= 11 is 3.47. The highest BCUT2D eigenvalue weighted by Crippen LogP contribution is 2.51. The van der Waals surface area contributed by atoms with Gasteiger partial charge in [-0.05, 0) is 48.7 Å². The van der Waals surface area contributed by atoms with E-state index in [-0.39, 0.29) is 24.4 Å². The van der Waals surface area contributed by atoms with Gasteiger partial charge < -0.3 is 14.8 Å². The number of esters is 2. The molecule has 0 aromatic heterocycles. The van der Waals surface area contributed by atoms with Gasteiger partial charge in [-0.25, -0.2) is 8.42 Å². The number of carbonyl (C=O) groups excluding carboxylic acids is 3. The topological polar surface area (TPSA) is 119 Å². The van der Waals surface area contributed by atoms with E-state index in [9.17, 15) is 22.8 Å². The van der Waals surface area contributed by atoms with Gasteiger partial charge in [0.2, 0.25) is 15.9 Å². The first-order valence-corrected chi connectivity index (χ1v) is 12.7. The van der Waals surface area contributed by atoms with Crippen molar-refractivity contribution in [1.29, 1.82) is 0 Å². The highest BCUT2D eigenvalue weighted by molar-refractivity contribution is 9.10. The first-order chi connectivity index (χ1) is 16.1. The van der Waals surface area contributed by atoms with Gasteiger partial charge in [0.15, 0.2) is 5.92 Å². The maximum absolute atomic E-state index is 13.5. The lowest BCUT2D eigenvalue weighted by Gasteiger charge is -2.32. The molecule has 1 atom stereocenters. The van der Waals surface area contributed by atoms with Crippen molar-refractivity contribution in [2.75, 3.05) is 26.1 Å². The Hall–Kier alpha value is -2.76. The fourth-order valence-corrected chi connectivity index (χ4v) is 6.62. The van der Waals surface area contributed by atoms with E-state index in [0.29, 0.717) is 21.3 Å². The number of aryl methyl sites for hydroxylation is 1. The zero-order valence-electron chi connectivity index (χ0n) is 18.8. The molecule has 0 spiro atoms. The number of methoxy groups -OCH3 is 2. The molecule has 2 aliphatic heterocycles. The van der Waals surface area contributed by atoms with Crippen LogP contribution in [-0.4, -0.2) is 51.3 Å². The summed E-state index contributed by atoms with van der Waals surface area (Å²) < 4.78 is 38.7. The van der Waals surface area contributed by atoms with Crippen LogP contribution < -0.4 is 5.32 Å². The Balaban J connectivity index is 1.93. The molecule has 0 saturated carbocycles. The number of benzene rings is 2. The third-order valence-corrected chi connectivity index (χ3v) is 9.07. The van der Waals surface area contributed by atoms with E-state index in [1.54, 1.807) is 24.3 Å². The maximum Gasteiger partial charge on any atom is 0.321 e. The molecule has 4 rings (SSSR count). The molecule has 34 heavy (non-hydrogen) atoms. The van der Waals surface area contributed by atoms with Crippen molar-refractivity contribution in [2.24, 2.45) is 5.92 Å². The summed E-state index contributed by atoms with van der Waals surface area (Å²) in [5.74, 6) is -4.07. The minimum atomic E-state index is -3.95. The predicted molar refractivity (Wildman–Crippen MR) is 125 cm³/mol. The number of ether oxygens (including phenoxy) is 2. The Morgan fingerprint density at radius 2 is 1.71 bits per heavy atom. The molecule has 0 bridgehead atoms. The molecule has 0 radical (unpaired) electrons. The van der Waals surface area contributed by atoms with Gasteiger partial charge in [-0.2, -0.15) is 4.31 Å². The number of anilines is 1. The number of hydrogen-bond acceptors (Lipinski definition) is 7. The average molecular weight is 551 g/mol. The highest BCUT2D eigenvalue weighted by Gasteiger charge is 2.61. The third kappa shape index (κ3) is 3.62. The molecule has 0 saturated heterocycles. The van der Waals surface area contributed by atoms with E-state index in [0.717, 1.165) is 19.8 Å². The number of amides is 1. The van der Waals surface area contributed by atoms with Crippen molar-refractivity contribution >= 4 is 49.5 Å². The van der Waals surface area contributed by atoms with Crippen LogP contribution in [0.2, 0.25) is 0 Å². The molecule has 2 aromatic carbocycles. The van der Waals surface area contributed by atoms with Crippen LogP contribution in [0.1, 0.15) is 23.1 Å². The first-order valence-electron chi connectivity index (χ1n) is 10.4. The largest absolute Gasteiger partial charge is 0.468 e. The molecular formula is C23H23BrN2O7S. The van der Waals surface area contributed by atoms with Crippen molar-refractivity contribution in [3.05, 3.63) is 57.6 Å². The first kappa shape index (κ1) is 24.4. The maximum atomic E-state index is 13.5. The predicted octanol–water partition coefficient (Wildman–Crippen LogP) is 2.50. The third-order valence-electron chi connectivity index (χ3n) is 6.47. The molecule has 2 aromatic rings. The highest BCUT2D eigenvalue weighted by atomic mass is 79.9. The summed E-state index contributed by atoms with van der Waals surface area (Å²) in [7, 11) is -1.71. The van der Waals surface area contributed by atoms with Gasteiger partial charge in [-0.3, -0.25) is 14.4 Å². The standard InChI is InChI=1S/C23H23BrN2O7S/c1-13-4-6-14(7-5-13)34(30,31)26-11-10-23(19(20(27)32-2)21(28)33-3)18-15(12-26)16(24)8-9-17(18)25-22(23)29/h4-9,19H,10-12H2,1-3H3,(H,25,29). The quantitative estimate of drug-likeness (QED) is 0.448. The van der Waals surface area contributed by atoms with Crippen LogP contribution in [-0.2, 0) is 45.8 Å². The van der Waals surface area contributed by atoms with Gasteiger partial charge >= 0.3 is 11.9 Å². The smallest absolute Gasteiger partial charge is 0.321 e. The Morgan fingerprint density at radius 3 is 2.29 bits per heavy atom. The fourth-order valence-electron chi connectivity index (χ4n) is 4.75. The summed E-state index contributed by atoms with van der Waals surface area (Å²) in [5, 5.41) is 2.76. The van der Waals surface area contributed by atoms with Crippen molar-refractivity contribution in [2.45, 2.75) is 30.2 Å². The molecule has 1 unspecified atom stereocenters. The molecule has 11 heteroatoms. The number of rotatable bonds is 5. The number of halogens is 1. The van der Waals surface area contributed by atoms with Crippen LogP contribution in [0, 0.1) is 12.8 Å². The zero-order valence-corrected chi connectivity index (χ0v) is 21.2. The van der Waals surface area contributed by atoms with E-state index in [2.05, 4.69) is 21.2 Å². The van der Waals surface area contributed by atoms with Crippen LogP contribution in [0.4, 0.5) is 5.69 Å². The van der Waals surface area contributed by atoms with Gasteiger partial charge in [0, 0.05) is 23.2 Å². The Morgan fingerprint density at radius 1 is 1.09 bits per heavy atom. The summed E-state index contributed by atoms with van der Waals surface area (Å²) in [6, 6.07) is 9.81. The van der Waals surface area contributed by atoms with E-state index in [1.165, 1.54) is 16.4 Å². The number of nitrogens with zero attached hydrogens (tertiary/aromatic N) is 1. The van der Waals surface area contributed by atoms with Crippen LogP contribution >= 0.6 is 15.9 Å². The molecule has 0 aliphatic carbocycles. The minimum Gasteiger partial charge on any atom is -0.468 e. The molecule has 1 amide bonds. The lowest BCUT2D eigenvalue weighted by molar-refractivity contribution is -0.164. The molecule has 0 fully saturated rings. The molecule has 2 aliphatic rings. The van der Waals surface area contributed by atoms with Gasteiger partial charge in [0.1, 0.15) is 5.41 Å².